The van der Waals surface area contributed by atoms with Crippen molar-refractivity contribution in [1.29, 1.82) is 0 Å². The monoisotopic (exact) mass is 207 g/mol. The fraction of sp³-hybridized carbons (Fsp3) is 0.417. The molecule has 0 fully saturated rings. The first-order chi connectivity index (χ1) is 7.20. The van der Waals surface area contributed by atoms with E-state index in [4.69, 9.17) is 4.74 Å². The number of benzene rings is 1. The van der Waals surface area contributed by atoms with Crippen molar-refractivity contribution in [1.82, 2.24) is 4.90 Å². The summed E-state index contributed by atoms with van der Waals surface area (Å²) in [6, 6.07) is 10.1. The lowest BCUT2D eigenvalue weighted by Crippen LogP contribution is -2.26. The number of hydrogen-bond acceptors (Lipinski definition) is 2. The van der Waals surface area contributed by atoms with E-state index in [1.54, 1.807) is 14.1 Å². The van der Waals surface area contributed by atoms with Crippen LogP contribution in [0.15, 0.2) is 30.3 Å². The summed E-state index contributed by atoms with van der Waals surface area (Å²) in [6.07, 6.45) is 0.849. The maximum atomic E-state index is 11.2. The first-order valence-electron chi connectivity index (χ1n) is 5.02. The van der Waals surface area contributed by atoms with Crippen LogP contribution in [0.25, 0.3) is 0 Å². The summed E-state index contributed by atoms with van der Waals surface area (Å²) >= 11 is 0. The third-order valence-electron chi connectivity index (χ3n) is 2.10. The van der Waals surface area contributed by atoms with Gasteiger partial charge in [0.1, 0.15) is 6.61 Å². The Labute approximate surface area is 90.7 Å². The summed E-state index contributed by atoms with van der Waals surface area (Å²) in [4.78, 5) is 12.7. The van der Waals surface area contributed by atoms with Crippen molar-refractivity contribution in [2.75, 3.05) is 27.3 Å². The number of carbonyl (C=O) groups excluding carboxylic acids is 1. The molecule has 1 aromatic carbocycles. The smallest absolute Gasteiger partial charge is 0.248 e. The highest BCUT2D eigenvalue weighted by Gasteiger charge is 2.02. The molecule has 1 aromatic rings. The van der Waals surface area contributed by atoms with Crippen molar-refractivity contribution in [3.8, 4) is 0 Å². The summed E-state index contributed by atoms with van der Waals surface area (Å²) in [5.74, 6) is 0.00283. The van der Waals surface area contributed by atoms with Crippen LogP contribution >= 0.6 is 0 Å². The van der Waals surface area contributed by atoms with E-state index in [0.29, 0.717) is 6.61 Å². The molecule has 1 amide bonds. The Morgan fingerprint density at radius 2 is 1.93 bits per heavy atom. The molecule has 3 nitrogen and oxygen atoms in total. The SMILES string of the molecule is CN(C)C(=O)COCCc1ccccc1. The fourth-order valence-electron chi connectivity index (χ4n) is 1.12. The van der Waals surface area contributed by atoms with Crippen LogP contribution in [0.1, 0.15) is 5.56 Å². The Hall–Kier alpha value is -1.35. The van der Waals surface area contributed by atoms with Crippen LogP contribution in [0.3, 0.4) is 0 Å². The fourth-order valence-corrected chi connectivity index (χ4v) is 1.12. The van der Waals surface area contributed by atoms with Gasteiger partial charge in [-0.2, -0.15) is 0 Å². The third kappa shape index (κ3) is 4.61. The molecular formula is C12H17NO2. The van der Waals surface area contributed by atoms with Gasteiger partial charge in [-0.1, -0.05) is 30.3 Å². The van der Waals surface area contributed by atoms with E-state index in [2.05, 4.69) is 12.1 Å². The minimum atomic E-state index is 0.00283. The van der Waals surface area contributed by atoms with E-state index in [1.165, 1.54) is 10.5 Å². The molecule has 15 heavy (non-hydrogen) atoms. The number of carbonyl (C=O) groups is 1. The maximum absolute atomic E-state index is 11.2. The number of rotatable bonds is 5. The molecule has 0 aromatic heterocycles. The van der Waals surface area contributed by atoms with Crippen LogP contribution in [-0.4, -0.2) is 38.1 Å². The van der Waals surface area contributed by atoms with E-state index in [9.17, 15) is 4.79 Å². The average molecular weight is 207 g/mol. The Balaban J connectivity index is 2.15. The first-order valence-corrected chi connectivity index (χ1v) is 5.02. The average Bonchev–Trinajstić information content (AvgIpc) is 2.25. The second-order valence-electron chi connectivity index (χ2n) is 3.58. The highest BCUT2D eigenvalue weighted by atomic mass is 16.5. The zero-order valence-electron chi connectivity index (χ0n) is 9.27. The molecule has 1 rings (SSSR count). The quantitative estimate of drug-likeness (QED) is 0.682. The summed E-state index contributed by atoms with van der Waals surface area (Å²) < 4.78 is 5.27. The maximum Gasteiger partial charge on any atom is 0.248 e. The van der Waals surface area contributed by atoms with Gasteiger partial charge in [-0.05, 0) is 12.0 Å². The lowest BCUT2D eigenvalue weighted by molar-refractivity contribution is -0.133. The van der Waals surface area contributed by atoms with E-state index in [0.717, 1.165) is 6.42 Å². The van der Waals surface area contributed by atoms with E-state index < -0.39 is 0 Å². The van der Waals surface area contributed by atoms with E-state index in [-0.39, 0.29) is 12.5 Å². The van der Waals surface area contributed by atoms with Gasteiger partial charge in [-0.25, -0.2) is 0 Å². The van der Waals surface area contributed by atoms with Gasteiger partial charge in [0.05, 0.1) is 6.61 Å². The van der Waals surface area contributed by atoms with Crippen molar-refractivity contribution in [2.24, 2.45) is 0 Å². The second-order valence-corrected chi connectivity index (χ2v) is 3.58. The normalized spacial score (nSPS) is 10.0. The molecule has 3 heteroatoms. The van der Waals surface area contributed by atoms with Crippen LogP contribution in [0.2, 0.25) is 0 Å². The van der Waals surface area contributed by atoms with Gasteiger partial charge < -0.3 is 9.64 Å². The Morgan fingerprint density at radius 1 is 1.27 bits per heavy atom. The first kappa shape index (κ1) is 11.7. The highest BCUT2D eigenvalue weighted by Crippen LogP contribution is 1.99. The molecule has 0 radical (unpaired) electrons. The largest absolute Gasteiger partial charge is 0.371 e. The van der Waals surface area contributed by atoms with Gasteiger partial charge in [0, 0.05) is 14.1 Å². The molecule has 0 saturated carbocycles. The standard InChI is InChI=1S/C12H17NO2/c1-13(2)12(14)10-15-9-8-11-6-4-3-5-7-11/h3-7H,8-10H2,1-2H3. The number of nitrogens with zero attached hydrogens (tertiary/aromatic N) is 1. The van der Waals surface area contributed by atoms with Gasteiger partial charge >= 0.3 is 0 Å². The van der Waals surface area contributed by atoms with Crippen molar-refractivity contribution >= 4 is 5.91 Å². The molecule has 0 aliphatic rings. The molecule has 0 N–H and O–H groups in total. The van der Waals surface area contributed by atoms with Crippen LogP contribution in [0.4, 0.5) is 0 Å². The molecule has 0 saturated heterocycles. The van der Waals surface area contributed by atoms with Crippen molar-refractivity contribution in [3.63, 3.8) is 0 Å². The molecule has 0 aliphatic heterocycles. The van der Waals surface area contributed by atoms with Gasteiger partial charge in [0.2, 0.25) is 5.91 Å². The van der Waals surface area contributed by atoms with Gasteiger partial charge in [0.25, 0.3) is 0 Å². The van der Waals surface area contributed by atoms with Gasteiger partial charge in [0.15, 0.2) is 0 Å². The number of likely N-dealkylation sites (N-methyl/N-ethyl adjacent to an activating group) is 1. The summed E-state index contributed by atoms with van der Waals surface area (Å²) in [7, 11) is 3.45. The third-order valence-corrected chi connectivity index (χ3v) is 2.10. The second kappa shape index (κ2) is 6.19. The van der Waals surface area contributed by atoms with Crippen molar-refractivity contribution in [2.45, 2.75) is 6.42 Å². The number of ether oxygens (including phenoxy) is 1. The molecule has 0 atom stereocenters. The van der Waals surface area contributed by atoms with Gasteiger partial charge in [-0.3, -0.25) is 4.79 Å². The molecule has 0 unspecified atom stereocenters. The van der Waals surface area contributed by atoms with Crippen LogP contribution in [0.5, 0.6) is 0 Å². The van der Waals surface area contributed by atoms with Crippen LogP contribution < -0.4 is 0 Å². The molecule has 82 valence electrons. The highest BCUT2D eigenvalue weighted by molar-refractivity contribution is 5.76. The lowest BCUT2D eigenvalue weighted by Gasteiger charge is -2.10. The summed E-state index contributed by atoms with van der Waals surface area (Å²) in [5.41, 5.74) is 1.23. The molecular weight excluding hydrogens is 190 g/mol. The minimum Gasteiger partial charge on any atom is -0.371 e. The van der Waals surface area contributed by atoms with Crippen molar-refractivity contribution < 1.29 is 9.53 Å². The van der Waals surface area contributed by atoms with Crippen LogP contribution in [0, 0.1) is 0 Å². The van der Waals surface area contributed by atoms with Gasteiger partial charge in [-0.15, -0.1) is 0 Å². The number of hydrogen-bond donors (Lipinski definition) is 0. The van der Waals surface area contributed by atoms with E-state index in [1.807, 2.05) is 18.2 Å². The Bertz CT molecular complexity index is 296. The zero-order chi connectivity index (χ0) is 11.1. The van der Waals surface area contributed by atoms with E-state index >= 15 is 0 Å². The zero-order valence-corrected chi connectivity index (χ0v) is 9.27. The Kier molecular flexibility index (Phi) is 4.84. The van der Waals surface area contributed by atoms with Crippen molar-refractivity contribution in [3.05, 3.63) is 35.9 Å². The molecule has 0 bridgehead atoms. The molecule has 0 heterocycles. The lowest BCUT2D eigenvalue weighted by atomic mass is 10.2. The molecule has 0 aliphatic carbocycles. The molecule has 0 spiro atoms. The topological polar surface area (TPSA) is 29.5 Å². The predicted octanol–water partition coefficient (Wildman–Crippen LogP) is 1.33. The Morgan fingerprint density at radius 3 is 2.53 bits per heavy atom. The minimum absolute atomic E-state index is 0.00283. The predicted molar refractivity (Wildman–Crippen MR) is 59.7 cm³/mol. The number of amides is 1. The summed E-state index contributed by atoms with van der Waals surface area (Å²) in [6.45, 7) is 0.753. The summed E-state index contributed by atoms with van der Waals surface area (Å²) in [5, 5.41) is 0. The van der Waals surface area contributed by atoms with Crippen LogP contribution in [-0.2, 0) is 16.0 Å².